The molecule has 132 valence electrons. The fraction of sp³-hybridized carbons (Fsp3) is 0.0476. The molecule has 0 saturated carbocycles. The van der Waals surface area contributed by atoms with Crippen molar-refractivity contribution in [2.75, 3.05) is 0 Å². The molecule has 2 heterocycles. The third kappa shape index (κ3) is 3.57. The minimum absolute atomic E-state index is 0.233. The van der Waals surface area contributed by atoms with Crippen LogP contribution in [0.4, 0.5) is 0 Å². The highest BCUT2D eigenvalue weighted by molar-refractivity contribution is 9.10. The van der Waals surface area contributed by atoms with E-state index in [4.69, 9.17) is 0 Å². The Labute approximate surface area is 164 Å². The summed E-state index contributed by atoms with van der Waals surface area (Å²) in [6, 6.07) is 17.0. The highest BCUT2D eigenvalue weighted by Gasteiger charge is 2.13. The molecular formula is C21H15BrN4O. The predicted molar refractivity (Wildman–Crippen MR) is 111 cm³/mol. The Morgan fingerprint density at radius 1 is 1.11 bits per heavy atom. The third-order valence-corrected chi connectivity index (χ3v) is 4.62. The van der Waals surface area contributed by atoms with Crippen molar-refractivity contribution in [2.24, 2.45) is 5.10 Å². The van der Waals surface area contributed by atoms with E-state index >= 15 is 0 Å². The molecule has 0 aliphatic heterocycles. The van der Waals surface area contributed by atoms with E-state index in [0.717, 1.165) is 21.2 Å². The van der Waals surface area contributed by atoms with Gasteiger partial charge >= 0.3 is 0 Å². The highest BCUT2D eigenvalue weighted by atomic mass is 79.9. The normalized spacial score (nSPS) is 11.3. The molecule has 0 aliphatic rings. The third-order valence-electron chi connectivity index (χ3n) is 4.13. The summed E-state index contributed by atoms with van der Waals surface area (Å²) in [6.07, 6.45) is 5.01. The van der Waals surface area contributed by atoms with Crippen LogP contribution in [-0.2, 0) is 0 Å². The minimum atomic E-state index is -0.233. The second-order valence-corrected chi connectivity index (χ2v) is 7.03. The predicted octanol–water partition coefficient (Wildman–Crippen LogP) is 4.41. The first-order valence-electron chi connectivity index (χ1n) is 8.35. The van der Waals surface area contributed by atoms with Crippen LogP contribution in [0.1, 0.15) is 11.1 Å². The molecule has 0 spiro atoms. The monoisotopic (exact) mass is 418 g/mol. The van der Waals surface area contributed by atoms with Gasteiger partial charge in [-0.1, -0.05) is 45.8 Å². The van der Waals surface area contributed by atoms with Gasteiger partial charge in [0.15, 0.2) is 5.82 Å². The number of hydrogen-bond acceptors (Lipinski definition) is 4. The largest absolute Gasteiger partial charge is 0.282 e. The van der Waals surface area contributed by atoms with Gasteiger partial charge in [0, 0.05) is 22.4 Å². The van der Waals surface area contributed by atoms with E-state index in [9.17, 15) is 4.79 Å². The molecule has 0 fully saturated rings. The van der Waals surface area contributed by atoms with Crippen molar-refractivity contribution in [3.63, 3.8) is 0 Å². The molecule has 2 aromatic carbocycles. The second kappa shape index (κ2) is 7.25. The van der Waals surface area contributed by atoms with E-state index in [-0.39, 0.29) is 5.56 Å². The molecule has 0 radical (unpaired) electrons. The van der Waals surface area contributed by atoms with Gasteiger partial charge in [0.2, 0.25) is 0 Å². The van der Waals surface area contributed by atoms with Crippen molar-refractivity contribution < 1.29 is 0 Å². The van der Waals surface area contributed by atoms with Gasteiger partial charge in [0.25, 0.3) is 5.56 Å². The molecule has 2 aromatic heterocycles. The molecule has 27 heavy (non-hydrogen) atoms. The van der Waals surface area contributed by atoms with Crippen molar-refractivity contribution in [3.05, 3.63) is 92.9 Å². The molecule has 0 aliphatic carbocycles. The molecule has 6 heteroatoms. The van der Waals surface area contributed by atoms with Crippen LogP contribution in [-0.4, -0.2) is 20.9 Å². The Morgan fingerprint density at radius 2 is 1.93 bits per heavy atom. The number of fused-ring (bicyclic) bond motifs is 1. The fourth-order valence-electron chi connectivity index (χ4n) is 2.71. The van der Waals surface area contributed by atoms with Crippen molar-refractivity contribution in [2.45, 2.75) is 6.92 Å². The quantitative estimate of drug-likeness (QED) is 0.462. The summed E-state index contributed by atoms with van der Waals surface area (Å²) in [4.78, 5) is 21.9. The van der Waals surface area contributed by atoms with E-state index in [1.807, 2.05) is 49.4 Å². The van der Waals surface area contributed by atoms with Crippen LogP contribution >= 0.6 is 15.9 Å². The lowest BCUT2D eigenvalue weighted by molar-refractivity contribution is 0.829. The van der Waals surface area contributed by atoms with Crippen LogP contribution in [0, 0.1) is 6.92 Å². The zero-order valence-electron chi connectivity index (χ0n) is 14.5. The summed E-state index contributed by atoms with van der Waals surface area (Å²) in [5.74, 6) is 0.450. The molecule has 0 N–H and O–H groups in total. The number of hydrogen-bond donors (Lipinski definition) is 0. The maximum absolute atomic E-state index is 13.1. The molecule has 0 atom stereocenters. The fourth-order valence-corrected chi connectivity index (χ4v) is 3.08. The van der Waals surface area contributed by atoms with E-state index in [1.54, 1.807) is 30.7 Å². The number of halogens is 1. The lowest BCUT2D eigenvalue weighted by Gasteiger charge is -2.09. The first kappa shape index (κ1) is 17.3. The zero-order chi connectivity index (χ0) is 18.8. The summed E-state index contributed by atoms with van der Waals surface area (Å²) in [7, 11) is 0. The molecule has 0 amide bonds. The Hall–Kier alpha value is -3.12. The number of benzene rings is 2. The van der Waals surface area contributed by atoms with Crippen LogP contribution in [0.3, 0.4) is 0 Å². The number of aryl methyl sites for hydroxylation is 1. The second-order valence-electron chi connectivity index (χ2n) is 6.11. The Kier molecular flexibility index (Phi) is 4.64. The smallest absolute Gasteiger partial charge is 0.267 e. The van der Waals surface area contributed by atoms with Crippen LogP contribution in [0.2, 0.25) is 0 Å². The van der Waals surface area contributed by atoms with Crippen LogP contribution in [0.5, 0.6) is 0 Å². The molecule has 4 aromatic rings. The van der Waals surface area contributed by atoms with Crippen LogP contribution < -0.4 is 5.56 Å². The summed E-state index contributed by atoms with van der Waals surface area (Å²) < 4.78 is 2.14. The standard InChI is InChI=1S/C21H15BrN4O/c1-14-4-6-15(7-5-14)12-24-26-20(16-3-2-10-23-13-16)25-19-9-8-17(22)11-18(19)21(26)27/h2-13H,1H3/b24-12+. The van der Waals surface area contributed by atoms with Crippen LogP contribution in [0.15, 0.2) is 81.4 Å². The number of pyridine rings is 1. The van der Waals surface area contributed by atoms with Gasteiger partial charge in [-0.2, -0.15) is 9.78 Å². The van der Waals surface area contributed by atoms with Gasteiger partial charge in [0.05, 0.1) is 17.1 Å². The molecule has 5 nitrogen and oxygen atoms in total. The molecule has 0 bridgehead atoms. The van der Waals surface area contributed by atoms with Gasteiger partial charge in [-0.15, -0.1) is 0 Å². The molecule has 0 saturated heterocycles. The Morgan fingerprint density at radius 3 is 2.67 bits per heavy atom. The molecule has 0 unspecified atom stereocenters. The summed E-state index contributed by atoms with van der Waals surface area (Å²) in [5, 5.41) is 4.93. The topological polar surface area (TPSA) is 60.1 Å². The van der Waals surface area contributed by atoms with Gasteiger partial charge in [-0.05, 0) is 42.8 Å². The van der Waals surface area contributed by atoms with E-state index in [2.05, 4.69) is 31.0 Å². The Bertz CT molecular complexity index is 1200. The lowest BCUT2D eigenvalue weighted by Crippen LogP contribution is -2.20. The minimum Gasteiger partial charge on any atom is -0.267 e. The number of rotatable bonds is 3. The average molecular weight is 419 g/mol. The van der Waals surface area contributed by atoms with Gasteiger partial charge in [-0.3, -0.25) is 9.78 Å². The number of nitrogens with zero attached hydrogens (tertiary/aromatic N) is 4. The molecular weight excluding hydrogens is 404 g/mol. The zero-order valence-corrected chi connectivity index (χ0v) is 16.1. The van der Waals surface area contributed by atoms with E-state index < -0.39 is 0 Å². The summed E-state index contributed by atoms with van der Waals surface area (Å²) >= 11 is 3.41. The average Bonchev–Trinajstić information content (AvgIpc) is 2.69. The number of aromatic nitrogens is 3. The van der Waals surface area contributed by atoms with Gasteiger partial charge in [-0.25, -0.2) is 4.98 Å². The van der Waals surface area contributed by atoms with Gasteiger partial charge in [0.1, 0.15) is 0 Å². The highest BCUT2D eigenvalue weighted by Crippen LogP contribution is 2.20. The van der Waals surface area contributed by atoms with Crippen molar-refractivity contribution in [1.82, 2.24) is 14.6 Å². The first-order valence-corrected chi connectivity index (χ1v) is 9.15. The summed E-state index contributed by atoms with van der Waals surface area (Å²) in [6.45, 7) is 2.02. The van der Waals surface area contributed by atoms with Crippen molar-refractivity contribution in [3.8, 4) is 11.4 Å². The van der Waals surface area contributed by atoms with Gasteiger partial charge < -0.3 is 0 Å². The molecule has 4 rings (SSSR count). The van der Waals surface area contributed by atoms with Crippen molar-refractivity contribution in [1.29, 1.82) is 0 Å². The lowest BCUT2D eigenvalue weighted by atomic mass is 10.2. The maximum Gasteiger partial charge on any atom is 0.282 e. The van der Waals surface area contributed by atoms with E-state index in [1.165, 1.54) is 4.68 Å². The summed E-state index contributed by atoms with van der Waals surface area (Å²) in [5.41, 5.74) is 3.17. The Balaban J connectivity index is 1.94. The van der Waals surface area contributed by atoms with Crippen molar-refractivity contribution >= 4 is 33.0 Å². The first-order chi connectivity index (χ1) is 13.1. The maximum atomic E-state index is 13.1. The SMILES string of the molecule is Cc1ccc(/C=N/n2c(-c3cccnc3)nc3ccc(Br)cc3c2=O)cc1. The van der Waals surface area contributed by atoms with Crippen LogP contribution in [0.25, 0.3) is 22.3 Å². The van der Waals surface area contributed by atoms with E-state index in [0.29, 0.717) is 16.7 Å².